The summed E-state index contributed by atoms with van der Waals surface area (Å²) in [5.41, 5.74) is 2.25. The molecule has 3 rings (SSSR count). The molecule has 1 atom stereocenters. The third-order valence-electron chi connectivity index (χ3n) is 5.56. The minimum Gasteiger partial charge on any atom is -0.441 e. The molecular formula is C22H31N3O4S. The van der Waals surface area contributed by atoms with Crippen LogP contribution >= 0.6 is 0 Å². The quantitative estimate of drug-likeness (QED) is 0.688. The van der Waals surface area contributed by atoms with E-state index >= 15 is 0 Å². The normalized spacial score (nSPS) is 17.8. The lowest BCUT2D eigenvalue weighted by molar-refractivity contribution is -0.118. The number of carbonyl (C=O) groups excluding carboxylic acids is 1. The van der Waals surface area contributed by atoms with Crippen LogP contribution in [-0.4, -0.2) is 55.6 Å². The number of amides is 1. The lowest BCUT2D eigenvalue weighted by atomic mass is 10.0. The van der Waals surface area contributed by atoms with Gasteiger partial charge in [0.25, 0.3) is 0 Å². The fraction of sp³-hybridized carbons (Fsp3) is 0.545. The third kappa shape index (κ3) is 6.15. The van der Waals surface area contributed by atoms with E-state index in [1.165, 1.54) is 19.3 Å². The van der Waals surface area contributed by atoms with Crippen molar-refractivity contribution < 1.29 is 17.6 Å². The molecule has 8 heteroatoms. The van der Waals surface area contributed by atoms with Gasteiger partial charge in [0.05, 0.1) is 11.4 Å². The Morgan fingerprint density at radius 2 is 1.97 bits per heavy atom. The molecule has 1 aliphatic heterocycles. The SMILES string of the molecule is Cc1ccc(-c2nc(CS(=O)(=O)CC(=O)NCCN3CCCC[C@H]3C)c(C)o2)cc1. The fourth-order valence-corrected chi connectivity index (χ4v) is 5.01. The first kappa shape index (κ1) is 22.5. The van der Waals surface area contributed by atoms with Gasteiger partial charge in [0, 0.05) is 24.7 Å². The summed E-state index contributed by atoms with van der Waals surface area (Å²) in [7, 11) is -3.65. The topological polar surface area (TPSA) is 92.5 Å². The van der Waals surface area contributed by atoms with Gasteiger partial charge in [-0.2, -0.15) is 0 Å². The van der Waals surface area contributed by atoms with Crippen molar-refractivity contribution in [1.82, 2.24) is 15.2 Å². The molecule has 0 unspecified atom stereocenters. The number of benzene rings is 1. The number of hydrogen-bond acceptors (Lipinski definition) is 6. The van der Waals surface area contributed by atoms with Gasteiger partial charge in [-0.05, 0) is 52.3 Å². The molecule has 1 amide bonds. The Labute approximate surface area is 178 Å². The second kappa shape index (κ2) is 9.75. The van der Waals surface area contributed by atoms with Gasteiger partial charge < -0.3 is 9.73 Å². The first-order valence-electron chi connectivity index (χ1n) is 10.5. The van der Waals surface area contributed by atoms with E-state index in [0.29, 0.717) is 29.9 Å². The Kier molecular flexibility index (Phi) is 7.31. The summed E-state index contributed by atoms with van der Waals surface area (Å²) in [5, 5.41) is 2.74. The van der Waals surface area contributed by atoms with E-state index in [1.807, 2.05) is 31.2 Å². The third-order valence-corrected chi connectivity index (χ3v) is 6.98. The zero-order valence-corrected chi connectivity index (χ0v) is 18.8. The zero-order valence-electron chi connectivity index (χ0n) is 18.0. The van der Waals surface area contributed by atoms with Crippen LogP contribution in [0, 0.1) is 13.8 Å². The minimum atomic E-state index is -3.65. The van der Waals surface area contributed by atoms with Crippen molar-refractivity contribution in [3.8, 4) is 11.5 Å². The van der Waals surface area contributed by atoms with Gasteiger partial charge in [0.2, 0.25) is 11.8 Å². The average Bonchev–Trinajstić information content (AvgIpc) is 3.03. The van der Waals surface area contributed by atoms with E-state index in [4.69, 9.17) is 4.42 Å². The van der Waals surface area contributed by atoms with Gasteiger partial charge in [0.1, 0.15) is 11.5 Å². The molecule has 0 saturated carbocycles. The Balaban J connectivity index is 1.53. The predicted molar refractivity (Wildman–Crippen MR) is 117 cm³/mol. The van der Waals surface area contributed by atoms with E-state index in [9.17, 15) is 13.2 Å². The molecule has 0 radical (unpaired) electrons. The van der Waals surface area contributed by atoms with Crippen molar-refractivity contribution in [3.63, 3.8) is 0 Å². The number of rotatable bonds is 8. The van der Waals surface area contributed by atoms with Crippen molar-refractivity contribution in [3.05, 3.63) is 41.3 Å². The molecule has 1 saturated heterocycles. The Hall–Kier alpha value is -2.19. The summed E-state index contributed by atoms with van der Waals surface area (Å²) in [6.45, 7) is 8.10. The van der Waals surface area contributed by atoms with Crippen LogP contribution < -0.4 is 5.32 Å². The zero-order chi connectivity index (χ0) is 21.7. The molecule has 7 nitrogen and oxygen atoms in total. The summed E-state index contributed by atoms with van der Waals surface area (Å²) in [6.07, 6.45) is 3.59. The molecule has 1 fully saturated rings. The smallest absolute Gasteiger partial charge is 0.235 e. The molecule has 1 aromatic heterocycles. The monoisotopic (exact) mass is 433 g/mol. The maximum Gasteiger partial charge on any atom is 0.235 e. The summed E-state index contributed by atoms with van der Waals surface area (Å²) in [5.74, 6) is -0.495. The fourth-order valence-electron chi connectivity index (χ4n) is 3.72. The first-order chi connectivity index (χ1) is 14.2. The van der Waals surface area contributed by atoms with Crippen LogP contribution in [0.3, 0.4) is 0 Å². The average molecular weight is 434 g/mol. The number of hydrogen-bond donors (Lipinski definition) is 1. The molecule has 1 N–H and O–H groups in total. The van der Waals surface area contributed by atoms with Gasteiger partial charge in [-0.1, -0.05) is 24.1 Å². The molecule has 1 aromatic carbocycles. The molecule has 2 heterocycles. The Bertz CT molecular complexity index is 967. The number of carbonyl (C=O) groups is 1. The maximum atomic E-state index is 12.5. The summed E-state index contributed by atoms with van der Waals surface area (Å²) >= 11 is 0. The molecular weight excluding hydrogens is 402 g/mol. The van der Waals surface area contributed by atoms with Crippen molar-refractivity contribution >= 4 is 15.7 Å². The number of oxazole rings is 1. The molecule has 1 aliphatic rings. The highest BCUT2D eigenvalue weighted by Gasteiger charge is 2.23. The van der Waals surface area contributed by atoms with Crippen LogP contribution in [0.2, 0.25) is 0 Å². The molecule has 2 aromatic rings. The number of nitrogens with one attached hydrogen (secondary N) is 1. The van der Waals surface area contributed by atoms with Gasteiger partial charge in [-0.15, -0.1) is 0 Å². The van der Waals surface area contributed by atoms with Crippen LogP contribution in [0.1, 0.15) is 43.2 Å². The maximum absolute atomic E-state index is 12.5. The molecule has 0 aliphatic carbocycles. The van der Waals surface area contributed by atoms with Crippen molar-refractivity contribution in [2.24, 2.45) is 0 Å². The first-order valence-corrected chi connectivity index (χ1v) is 12.3. The number of sulfone groups is 1. The standard InChI is InChI=1S/C22H31N3O4S/c1-16-7-9-19(10-8-16)22-24-20(18(3)29-22)14-30(27,28)15-21(26)23-11-13-25-12-5-4-6-17(25)2/h7-10,17H,4-6,11-15H2,1-3H3,(H,23,26)/t17-/m1/s1. The van der Waals surface area contributed by atoms with Gasteiger partial charge >= 0.3 is 0 Å². The van der Waals surface area contributed by atoms with Crippen LogP contribution in [0.25, 0.3) is 11.5 Å². The van der Waals surface area contributed by atoms with Crippen molar-refractivity contribution in [1.29, 1.82) is 0 Å². The van der Waals surface area contributed by atoms with E-state index in [0.717, 1.165) is 24.2 Å². The number of aromatic nitrogens is 1. The molecule has 164 valence electrons. The highest BCUT2D eigenvalue weighted by atomic mass is 32.2. The van der Waals surface area contributed by atoms with Crippen LogP contribution in [-0.2, 0) is 20.4 Å². The number of nitrogens with zero attached hydrogens (tertiary/aromatic N) is 2. The van der Waals surface area contributed by atoms with Crippen molar-refractivity contribution in [2.45, 2.75) is 51.8 Å². The summed E-state index contributed by atoms with van der Waals surface area (Å²) < 4.78 is 30.7. The van der Waals surface area contributed by atoms with E-state index < -0.39 is 21.5 Å². The highest BCUT2D eigenvalue weighted by Crippen LogP contribution is 2.23. The number of aryl methyl sites for hydroxylation is 2. The minimum absolute atomic E-state index is 0.315. The predicted octanol–water partition coefficient (Wildman–Crippen LogP) is 2.86. The van der Waals surface area contributed by atoms with Crippen molar-refractivity contribution in [2.75, 3.05) is 25.4 Å². The van der Waals surface area contributed by atoms with E-state index in [1.54, 1.807) is 6.92 Å². The number of piperidine rings is 1. The van der Waals surface area contributed by atoms with Gasteiger partial charge in [-0.25, -0.2) is 13.4 Å². The van der Waals surface area contributed by atoms with Crippen LogP contribution in [0.5, 0.6) is 0 Å². The Morgan fingerprint density at radius 3 is 2.67 bits per heavy atom. The largest absolute Gasteiger partial charge is 0.441 e. The highest BCUT2D eigenvalue weighted by molar-refractivity contribution is 7.91. The van der Waals surface area contributed by atoms with Gasteiger partial charge in [-0.3, -0.25) is 9.69 Å². The second-order valence-corrected chi connectivity index (χ2v) is 10.2. The molecule has 0 bridgehead atoms. The van der Waals surface area contributed by atoms with Gasteiger partial charge in [0.15, 0.2) is 9.84 Å². The van der Waals surface area contributed by atoms with E-state index in [-0.39, 0.29) is 5.75 Å². The summed E-state index contributed by atoms with van der Waals surface area (Å²) in [4.78, 5) is 18.8. The van der Waals surface area contributed by atoms with Crippen LogP contribution in [0.4, 0.5) is 0 Å². The van der Waals surface area contributed by atoms with Crippen LogP contribution in [0.15, 0.2) is 28.7 Å². The lowest BCUT2D eigenvalue weighted by Gasteiger charge is -2.33. The van der Waals surface area contributed by atoms with E-state index in [2.05, 4.69) is 22.1 Å². The Morgan fingerprint density at radius 1 is 1.23 bits per heavy atom. The number of likely N-dealkylation sites (tertiary alicyclic amines) is 1. The molecule has 30 heavy (non-hydrogen) atoms. The molecule has 0 spiro atoms. The second-order valence-electron chi connectivity index (χ2n) is 8.15. The summed E-state index contributed by atoms with van der Waals surface area (Å²) in [6, 6.07) is 8.17. The lowest BCUT2D eigenvalue weighted by Crippen LogP contribution is -2.43.